The molecule has 206 valence electrons. The zero-order chi connectivity index (χ0) is 30.0. The molecule has 1 saturated carbocycles. The summed E-state index contributed by atoms with van der Waals surface area (Å²) in [6.45, 7) is 25.7. The smallest absolute Gasteiger partial charge is 0.186 e. The molecule has 0 spiro atoms. The maximum atomic E-state index is 13.6. The molecule has 0 unspecified atom stereocenters. The second-order valence-corrected chi connectivity index (χ2v) is 15.0. The highest BCUT2D eigenvalue weighted by atomic mass is 16.1. The third-order valence-electron chi connectivity index (χ3n) is 7.39. The van der Waals surface area contributed by atoms with Crippen molar-refractivity contribution < 1.29 is 14.4 Å². The van der Waals surface area contributed by atoms with Crippen molar-refractivity contribution >= 4 is 17.3 Å². The first-order valence-electron chi connectivity index (χ1n) is 13.6. The van der Waals surface area contributed by atoms with Gasteiger partial charge in [-0.05, 0) is 75.2 Å². The topological polar surface area (TPSA) is 75.0 Å². The standard InChI is InChI=1S/C35H43NO3/c1-19(37)22(18-36)29-27(20-14-23(32(2,3)4)30(38)24(15-20)33(5,6)7)28(29)21-16-25(34(8,9)10)31(39)26(17-21)35(11,12)13/h14-17H,1-13H3. The Hall–Kier alpha value is -3.32. The molecular weight excluding hydrogens is 482 g/mol. The molecule has 39 heavy (non-hydrogen) atoms. The number of carbonyl (C=O) groups is 3. The molecule has 0 N–H and O–H groups in total. The fourth-order valence-corrected chi connectivity index (χ4v) is 5.10. The number of ketones is 3. The first-order valence-corrected chi connectivity index (χ1v) is 13.6. The molecule has 0 aromatic heterocycles. The Balaban J connectivity index is 2.55. The van der Waals surface area contributed by atoms with E-state index in [1.54, 1.807) is 0 Å². The summed E-state index contributed by atoms with van der Waals surface area (Å²) in [6, 6.07) is 2.13. The molecule has 3 aliphatic carbocycles. The Morgan fingerprint density at radius 3 is 1.03 bits per heavy atom. The molecule has 0 radical (unpaired) electrons. The molecule has 4 nitrogen and oxygen atoms in total. The SMILES string of the molecule is CC(=O)C(C#N)=C1C(=C2C=C(C(C)(C)C)C(=O)C(C(C)(C)C)=C2)C1=C1C=C(C(C)(C)C)C(=O)C(C(C)(C)C)=C1. The van der Waals surface area contributed by atoms with Gasteiger partial charge in [-0.3, -0.25) is 14.4 Å². The quantitative estimate of drug-likeness (QED) is 0.256. The maximum absolute atomic E-state index is 13.6. The zero-order valence-electron chi connectivity index (χ0n) is 26.0. The van der Waals surface area contributed by atoms with Gasteiger partial charge in [0.05, 0.1) is 0 Å². The first kappa shape index (κ1) is 30.2. The summed E-state index contributed by atoms with van der Waals surface area (Å²) in [5.41, 5.74) is 5.18. The summed E-state index contributed by atoms with van der Waals surface area (Å²) < 4.78 is 0. The van der Waals surface area contributed by atoms with Gasteiger partial charge in [-0.15, -0.1) is 0 Å². The molecular formula is C35H43NO3. The lowest BCUT2D eigenvalue weighted by Gasteiger charge is -2.31. The molecule has 0 atom stereocenters. The number of carbonyl (C=O) groups excluding carboxylic acids is 3. The molecule has 3 rings (SSSR count). The molecule has 0 bridgehead atoms. The van der Waals surface area contributed by atoms with E-state index in [0.717, 1.165) is 22.3 Å². The summed E-state index contributed by atoms with van der Waals surface area (Å²) in [7, 11) is 0. The van der Waals surface area contributed by atoms with Gasteiger partial charge in [-0.2, -0.15) is 5.26 Å². The molecule has 0 heterocycles. The van der Waals surface area contributed by atoms with Crippen molar-refractivity contribution in [3.05, 3.63) is 80.0 Å². The van der Waals surface area contributed by atoms with E-state index in [9.17, 15) is 19.6 Å². The minimum absolute atomic E-state index is 0.0277. The Morgan fingerprint density at radius 1 is 0.590 bits per heavy atom. The van der Waals surface area contributed by atoms with Crippen molar-refractivity contribution in [2.45, 2.75) is 90.0 Å². The minimum atomic E-state index is -0.395. The monoisotopic (exact) mass is 525 g/mol. The zero-order valence-corrected chi connectivity index (χ0v) is 26.0. The van der Waals surface area contributed by atoms with Gasteiger partial charge in [0.25, 0.3) is 0 Å². The van der Waals surface area contributed by atoms with Crippen molar-refractivity contribution in [3.63, 3.8) is 0 Å². The van der Waals surface area contributed by atoms with Crippen LogP contribution in [-0.4, -0.2) is 17.3 Å². The molecule has 3 aliphatic rings. The molecule has 0 aromatic carbocycles. The molecule has 1 fully saturated rings. The normalized spacial score (nSPS) is 18.9. The lowest BCUT2D eigenvalue weighted by atomic mass is 9.71. The molecule has 4 heteroatoms. The highest BCUT2D eigenvalue weighted by molar-refractivity contribution is 6.14. The second-order valence-electron chi connectivity index (χ2n) is 15.0. The number of hydrogen-bond donors (Lipinski definition) is 0. The average molecular weight is 526 g/mol. The van der Waals surface area contributed by atoms with Crippen LogP contribution in [0.25, 0.3) is 0 Å². The van der Waals surface area contributed by atoms with Crippen LogP contribution >= 0.6 is 0 Å². The minimum Gasteiger partial charge on any atom is -0.294 e. The van der Waals surface area contributed by atoms with E-state index in [1.165, 1.54) is 6.92 Å². The number of hydrogen-bond acceptors (Lipinski definition) is 4. The van der Waals surface area contributed by atoms with Crippen LogP contribution in [-0.2, 0) is 14.4 Å². The van der Waals surface area contributed by atoms with Gasteiger partial charge in [0.1, 0.15) is 11.6 Å². The fraction of sp³-hybridized carbons (Fsp3) is 0.486. The van der Waals surface area contributed by atoms with Crippen LogP contribution < -0.4 is 0 Å². The summed E-state index contributed by atoms with van der Waals surface area (Å²) in [6.07, 6.45) is 7.69. The maximum Gasteiger partial charge on any atom is 0.186 e. The van der Waals surface area contributed by atoms with Crippen LogP contribution in [0.2, 0.25) is 0 Å². The molecule has 0 aliphatic heterocycles. The number of allylic oxidation sites excluding steroid dienone is 14. The Labute approximate surface area is 234 Å². The van der Waals surface area contributed by atoms with E-state index in [4.69, 9.17) is 0 Å². The van der Waals surface area contributed by atoms with E-state index >= 15 is 0 Å². The summed E-state index contributed by atoms with van der Waals surface area (Å²) in [4.78, 5) is 39.8. The van der Waals surface area contributed by atoms with Gasteiger partial charge in [0, 0.05) is 27.9 Å². The van der Waals surface area contributed by atoms with Gasteiger partial charge >= 0.3 is 0 Å². The van der Waals surface area contributed by atoms with Crippen molar-refractivity contribution in [2.24, 2.45) is 21.7 Å². The molecule has 0 aromatic rings. The van der Waals surface area contributed by atoms with Gasteiger partial charge in [0.15, 0.2) is 17.3 Å². The highest BCUT2D eigenvalue weighted by Crippen LogP contribution is 2.55. The van der Waals surface area contributed by atoms with Crippen LogP contribution in [0.1, 0.15) is 90.0 Å². The van der Waals surface area contributed by atoms with Crippen LogP contribution in [0, 0.1) is 33.0 Å². The van der Waals surface area contributed by atoms with E-state index < -0.39 is 21.7 Å². The van der Waals surface area contributed by atoms with Gasteiger partial charge in [0.2, 0.25) is 0 Å². The number of rotatable bonds is 1. The highest BCUT2D eigenvalue weighted by Gasteiger charge is 2.44. The average Bonchev–Trinajstić information content (AvgIpc) is 3.45. The van der Waals surface area contributed by atoms with E-state index in [-0.39, 0.29) is 22.9 Å². The van der Waals surface area contributed by atoms with Gasteiger partial charge < -0.3 is 0 Å². The summed E-state index contributed by atoms with van der Waals surface area (Å²) in [5.74, 6) is -0.250. The predicted molar refractivity (Wildman–Crippen MR) is 158 cm³/mol. The third kappa shape index (κ3) is 5.69. The predicted octanol–water partition coefficient (Wildman–Crippen LogP) is 8.06. The largest absolute Gasteiger partial charge is 0.294 e. The van der Waals surface area contributed by atoms with Crippen LogP contribution in [0.4, 0.5) is 0 Å². The first-order chi connectivity index (χ1) is 17.5. The fourth-order valence-electron chi connectivity index (χ4n) is 5.10. The van der Waals surface area contributed by atoms with Crippen LogP contribution in [0.5, 0.6) is 0 Å². The van der Waals surface area contributed by atoms with Gasteiger partial charge in [-0.1, -0.05) is 83.1 Å². The van der Waals surface area contributed by atoms with E-state index in [0.29, 0.717) is 27.9 Å². The van der Waals surface area contributed by atoms with Crippen molar-refractivity contribution in [2.75, 3.05) is 0 Å². The van der Waals surface area contributed by atoms with Gasteiger partial charge in [-0.25, -0.2) is 0 Å². The Morgan fingerprint density at radius 2 is 0.846 bits per heavy atom. The Bertz CT molecular complexity index is 1290. The second kappa shape index (κ2) is 9.40. The number of nitrogens with zero attached hydrogens (tertiary/aromatic N) is 1. The number of Topliss-reactive ketones (excluding diaryl/α,β-unsaturated/α-hetero) is 3. The van der Waals surface area contributed by atoms with E-state index in [2.05, 4.69) is 6.07 Å². The molecule has 0 saturated heterocycles. The molecule has 0 amide bonds. The summed E-state index contributed by atoms with van der Waals surface area (Å²) >= 11 is 0. The van der Waals surface area contributed by atoms with E-state index in [1.807, 2.05) is 107 Å². The number of nitriles is 1. The lowest BCUT2D eigenvalue weighted by molar-refractivity contribution is -0.114. The third-order valence-corrected chi connectivity index (χ3v) is 7.39. The van der Waals surface area contributed by atoms with Crippen molar-refractivity contribution in [3.8, 4) is 6.07 Å². The van der Waals surface area contributed by atoms with Crippen LogP contribution in [0.15, 0.2) is 80.0 Å². The Kier molecular flexibility index (Phi) is 7.29. The van der Waals surface area contributed by atoms with Crippen molar-refractivity contribution in [1.29, 1.82) is 5.26 Å². The summed E-state index contributed by atoms with van der Waals surface area (Å²) in [5, 5.41) is 10.0. The van der Waals surface area contributed by atoms with Crippen LogP contribution in [0.3, 0.4) is 0 Å². The lowest BCUT2D eigenvalue weighted by Crippen LogP contribution is -2.28. The van der Waals surface area contributed by atoms with Crippen molar-refractivity contribution in [1.82, 2.24) is 0 Å².